The molecule has 0 fully saturated rings. The Morgan fingerprint density at radius 1 is 0.706 bits per heavy atom. The molecule has 0 spiro atoms. The smallest absolute Gasteiger partial charge is 0.182 e. The molecule has 0 amide bonds. The second-order valence-electron chi connectivity index (χ2n) is 8.14. The second kappa shape index (κ2) is 9.67. The lowest BCUT2D eigenvalue weighted by atomic mass is 10.0. The van der Waals surface area contributed by atoms with Gasteiger partial charge in [0.05, 0.1) is 17.9 Å². The van der Waals surface area contributed by atoms with Gasteiger partial charge >= 0.3 is 0 Å². The normalized spacial score (nSPS) is 10.9. The summed E-state index contributed by atoms with van der Waals surface area (Å²) < 4.78 is 15.7. The van der Waals surface area contributed by atoms with Crippen LogP contribution in [0.25, 0.3) is 22.6 Å². The maximum absolute atomic E-state index is 13.7. The summed E-state index contributed by atoms with van der Waals surface area (Å²) >= 11 is 0. The molecule has 5 aromatic rings. The molecule has 0 saturated heterocycles. The van der Waals surface area contributed by atoms with E-state index in [1.807, 2.05) is 83.4 Å². The molecule has 0 N–H and O–H groups in total. The Labute approximate surface area is 198 Å². The lowest BCUT2D eigenvalue weighted by Gasteiger charge is -2.13. The van der Waals surface area contributed by atoms with Crippen LogP contribution in [-0.2, 0) is 13.0 Å². The van der Waals surface area contributed by atoms with Gasteiger partial charge < -0.3 is 4.57 Å². The van der Waals surface area contributed by atoms with Crippen LogP contribution in [0.2, 0.25) is 0 Å². The zero-order valence-corrected chi connectivity index (χ0v) is 18.6. The maximum atomic E-state index is 13.7. The quantitative estimate of drug-likeness (QED) is 0.257. The Morgan fingerprint density at radius 2 is 1.29 bits per heavy atom. The number of carbonyl (C=O) groups is 1. The van der Waals surface area contributed by atoms with Gasteiger partial charge in [-0.3, -0.25) is 4.79 Å². The molecular weight excluding hydrogens is 423 g/mol. The van der Waals surface area contributed by atoms with Gasteiger partial charge in [-0.05, 0) is 29.8 Å². The molecule has 0 saturated carbocycles. The van der Waals surface area contributed by atoms with E-state index in [0.29, 0.717) is 17.8 Å². The minimum Gasteiger partial charge on any atom is -0.316 e. The molecule has 166 valence electrons. The summed E-state index contributed by atoms with van der Waals surface area (Å²) in [6, 6.07) is 35.7. The van der Waals surface area contributed by atoms with Gasteiger partial charge in [-0.1, -0.05) is 91.0 Å². The third-order valence-corrected chi connectivity index (χ3v) is 5.80. The average molecular weight is 447 g/mol. The average Bonchev–Trinajstić information content (AvgIpc) is 3.23. The van der Waals surface area contributed by atoms with Crippen LogP contribution in [0.1, 0.15) is 21.6 Å². The highest BCUT2D eigenvalue weighted by molar-refractivity contribution is 5.96. The number of benzene rings is 4. The first-order valence-electron chi connectivity index (χ1n) is 11.2. The lowest BCUT2D eigenvalue weighted by molar-refractivity contribution is 0.0973. The van der Waals surface area contributed by atoms with Crippen LogP contribution in [0.3, 0.4) is 0 Å². The monoisotopic (exact) mass is 446 g/mol. The van der Waals surface area contributed by atoms with Gasteiger partial charge in [0.25, 0.3) is 0 Å². The predicted octanol–water partition coefficient (Wildman–Crippen LogP) is 6.83. The Hall–Kier alpha value is -4.31. The molecule has 0 radical (unpaired) electrons. The first-order chi connectivity index (χ1) is 16.7. The van der Waals surface area contributed by atoms with Gasteiger partial charge in [-0.15, -0.1) is 0 Å². The Balaban J connectivity index is 1.69. The number of hydrogen-bond donors (Lipinski definition) is 0. The topological polar surface area (TPSA) is 34.9 Å². The summed E-state index contributed by atoms with van der Waals surface area (Å²) in [6.45, 7) is 0.128. The van der Waals surface area contributed by atoms with Crippen molar-refractivity contribution in [2.45, 2.75) is 13.0 Å². The molecule has 0 atom stereocenters. The van der Waals surface area contributed by atoms with Crippen LogP contribution in [0, 0.1) is 5.82 Å². The number of aromatic nitrogens is 2. The molecule has 34 heavy (non-hydrogen) atoms. The number of nitrogens with zero attached hydrogens (tertiary/aromatic N) is 2. The fourth-order valence-electron chi connectivity index (χ4n) is 4.17. The molecule has 4 heteroatoms. The van der Waals surface area contributed by atoms with Gasteiger partial charge in [-0.2, -0.15) is 0 Å². The standard InChI is InChI=1S/C30H23FN2O/c31-26-18-16-25(17-19-26)30-32-27(20-22-10-4-1-5-11-22)29(24-14-8-3-9-15-24)33(30)21-28(34)23-12-6-2-7-13-23/h1-19H,20-21H2. The van der Waals surface area contributed by atoms with Gasteiger partial charge in [0, 0.05) is 23.1 Å². The molecule has 1 heterocycles. The summed E-state index contributed by atoms with van der Waals surface area (Å²) in [7, 11) is 0. The summed E-state index contributed by atoms with van der Waals surface area (Å²) in [5.74, 6) is 0.328. The zero-order chi connectivity index (χ0) is 23.3. The minimum absolute atomic E-state index is 0.00944. The van der Waals surface area contributed by atoms with Crippen molar-refractivity contribution in [2.75, 3.05) is 0 Å². The van der Waals surface area contributed by atoms with Crippen molar-refractivity contribution in [3.05, 3.63) is 138 Å². The van der Waals surface area contributed by atoms with E-state index in [-0.39, 0.29) is 18.1 Å². The Kier molecular flexibility index (Phi) is 6.13. The number of rotatable bonds is 7. The van der Waals surface area contributed by atoms with Crippen LogP contribution >= 0.6 is 0 Å². The van der Waals surface area contributed by atoms with Crippen molar-refractivity contribution < 1.29 is 9.18 Å². The predicted molar refractivity (Wildman–Crippen MR) is 133 cm³/mol. The first-order valence-corrected chi connectivity index (χ1v) is 11.2. The van der Waals surface area contributed by atoms with E-state index in [1.165, 1.54) is 12.1 Å². The van der Waals surface area contributed by atoms with Crippen molar-refractivity contribution in [1.29, 1.82) is 0 Å². The molecule has 4 aromatic carbocycles. The van der Waals surface area contributed by atoms with Crippen LogP contribution in [0.5, 0.6) is 0 Å². The van der Waals surface area contributed by atoms with E-state index >= 15 is 0 Å². The Morgan fingerprint density at radius 3 is 1.94 bits per heavy atom. The SMILES string of the molecule is O=C(Cn1c(-c2ccc(F)cc2)nc(Cc2ccccc2)c1-c1ccccc1)c1ccccc1. The van der Waals surface area contributed by atoms with Crippen molar-refractivity contribution in [2.24, 2.45) is 0 Å². The van der Waals surface area contributed by atoms with Crippen LogP contribution in [0.4, 0.5) is 4.39 Å². The van der Waals surface area contributed by atoms with Crippen molar-refractivity contribution >= 4 is 5.78 Å². The molecule has 0 aliphatic rings. The van der Waals surface area contributed by atoms with E-state index in [0.717, 1.165) is 28.1 Å². The molecular formula is C30H23FN2O. The molecule has 0 unspecified atom stereocenters. The van der Waals surface area contributed by atoms with E-state index in [4.69, 9.17) is 4.98 Å². The number of imidazole rings is 1. The molecule has 1 aromatic heterocycles. The molecule has 3 nitrogen and oxygen atoms in total. The summed E-state index contributed by atoms with van der Waals surface area (Å²) in [6.07, 6.45) is 0.617. The first kappa shape index (κ1) is 21.5. The molecule has 0 bridgehead atoms. The molecule has 5 rings (SSSR count). The van der Waals surface area contributed by atoms with Crippen LogP contribution in [0.15, 0.2) is 115 Å². The zero-order valence-electron chi connectivity index (χ0n) is 18.6. The second-order valence-corrected chi connectivity index (χ2v) is 8.14. The fraction of sp³-hybridized carbons (Fsp3) is 0.0667. The highest BCUT2D eigenvalue weighted by Crippen LogP contribution is 2.32. The van der Waals surface area contributed by atoms with Crippen molar-refractivity contribution in [1.82, 2.24) is 9.55 Å². The van der Waals surface area contributed by atoms with Gasteiger partial charge in [0.15, 0.2) is 5.78 Å². The molecule has 0 aliphatic heterocycles. The summed E-state index contributed by atoms with van der Waals surface area (Å²) in [5.41, 5.74) is 5.29. The van der Waals surface area contributed by atoms with Gasteiger partial charge in [-0.25, -0.2) is 9.37 Å². The van der Waals surface area contributed by atoms with Crippen molar-refractivity contribution in [3.8, 4) is 22.6 Å². The Bertz CT molecular complexity index is 1390. The number of hydrogen-bond acceptors (Lipinski definition) is 2. The van der Waals surface area contributed by atoms with E-state index in [2.05, 4.69) is 12.1 Å². The highest BCUT2D eigenvalue weighted by Gasteiger charge is 2.22. The van der Waals surface area contributed by atoms with Gasteiger partial charge in [0.2, 0.25) is 0 Å². The van der Waals surface area contributed by atoms with E-state index in [1.54, 1.807) is 12.1 Å². The van der Waals surface area contributed by atoms with Crippen molar-refractivity contribution in [3.63, 3.8) is 0 Å². The largest absolute Gasteiger partial charge is 0.316 e. The van der Waals surface area contributed by atoms with E-state index in [9.17, 15) is 9.18 Å². The number of halogens is 1. The number of Topliss-reactive ketones (excluding diaryl/α,β-unsaturated/α-hetero) is 1. The fourth-order valence-corrected chi connectivity index (χ4v) is 4.17. The third-order valence-electron chi connectivity index (χ3n) is 5.80. The summed E-state index contributed by atoms with van der Waals surface area (Å²) in [4.78, 5) is 18.3. The van der Waals surface area contributed by atoms with Crippen LogP contribution in [-0.4, -0.2) is 15.3 Å². The lowest BCUT2D eigenvalue weighted by Crippen LogP contribution is -2.13. The highest BCUT2D eigenvalue weighted by atomic mass is 19.1. The van der Waals surface area contributed by atoms with Gasteiger partial charge in [0.1, 0.15) is 11.6 Å². The number of carbonyl (C=O) groups excluding carboxylic acids is 1. The summed E-state index contributed by atoms with van der Waals surface area (Å²) in [5, 5.41) is 0. The minimum atomic E-state index is -0.310. The molecule has 0 aliphatic carbocycles. The maximum Gasteiger partial charge on any atom is 0.182 e. The third kappa shape index (κ3) is 4.57. The van der Waals surface area contributed by atoms with E-state index < -0.39 is 0 Å². The van der Waals surface area contributed by atoms with Crippen LogP contribution < -0.4 is 0 Å². The number of ketones is 1.